The molecule has 1 heterocycles. The highest BCUT2D eigenvalue weighted by atomic mass is 16.1. The molecule has 2 N–H and O–H groups in total. The number of pyridine rings is 1. The fourth-order valence-electron chi connectivity index (χ4n) is 2.12. The zero-order valence-electron chi connectivity index (χ0n) is 12.5. The maximum absolute atomic E-state index is 12.0. The maximum Gasteiger partial charge on any atom is 0.238 e. The summed E-state index contributed by atoms with van der Waals surface area (Å²) in [6.45, 7) is 5.08. The molecule has 1 amide bonds. The second kappa shape index (κ2) is 7.55. The maximum atomic E-state index is 12.0. The summed E-state index contributed by atoms with van der Waals surface area (Å²) in [5.74, 6) is 0.335. The van der Waals surface area contributed by atoms with Gasteiger partial charge in [-0.15, -0.1) is 0 Å². The summed E-state index contributed by atoms with van der Waals surface area (Å²) in [7, 11) is 0. The second-order valence-corrected chi connectivity index (χ2v) is 5.21. The summed E-state index contributed by atoms with van der Waals surface area (Å²) in [5, 5.41) is 6.05. The van der Waals surface area contributed by atoms with Gasteiger partial charge < -0.3 is 10.6 Å². The molecule has 0 fully saturated rings. The normalized spacial score (nSPS) is 10.6. The van der Waals surface area contributed by atoms with E-state index in [1.807, 2.05) is 42.5 Å². The Morgan fingerprint density at radius 2 is 1.90 bits per heavy atom. The van der Waals surface area contributed by atoms with Gasteiger partial charge in [-0.1, -0.05) is 38.1 Å². The Balaban J connectivity index is 1.85. The lowest BCUT2D eigenvalue weighted by atomic mass is 10.0. The zero-order valence-corrected chi connectivity index (χ0v) is 12.5. The van der Waals surface area contributed by atoms with Gasteiger partial charge in [0.05, 0.1) is 12.2 Å². The molecule has 0 atom stereocenters. The van der Waals surface area contributed by atoms with Crippen molar-refractivity contribution in [2.24, 2.45) is 0 Å². The number of hydrogen-bond donors (Lipinski definition) is 2. The molecule has 110 valence electrons. The number of benzene rings is 1. The molecule has 0 saturated carbocycles. The molecule has 4 nitrogen and oxygen atoms in total. The van der Waals surface area contributed by atoms with Crippen molar-refractivity contribution < 1.29 is 4.79 Å². The topological polar surface area (TPSA) is 54.0 Å². The van der Waals surface area contributed by atoms with Crippen LogP contribution in [0.4, 0.5) is 5.69 Å². The predicted octanol–water partition coefficient (Wildman–Crippen LogP) is 2.93. The zero-order chi connectivity index (χ0) is 15.1. The van der Waals surface area contributed by atoms with Crippen molar-refractivity contribution in [3.63, 3.8) is 0 Å². The lowest BCUT2D eigenvalue weighted by molar-refractivity contribution is -0.115. The minimum absolute atomic E-state index is 0.0426. The van der Waals surface area contributed by atoms with E-state index in [2.05, 4.69) is 29.5 Å². The molecular weight excluding hydrogens is 262 g/mol. The minimum Gasteiger partial charge on any atom is -0.325 e. The molecule has 2 rings (SSSR count). The summed E-state index contributed by atoms with van der Waals surface area (Å²) in [5.41, 5.74) is 2.96. The van der Waals surface area contributed by atoms with E-state index in [1.54, 1.807) is 6.20 Å². The van der Waals surface area contributed by atoms with Gasteiger partial charge in [-0.25, -0.2) is 0 Å². The smallest absolute Gasteiger partial charge is 0.238 e. The third-order valence-corrected chi connectivity index (χ3v) is 3.17. The molecule has 0 saturated heterocycles. The number of carbonyl (C=O) groups excluding carboxylic acids is 1. The summed E-state index contributed by atoms with van der Waals surface area (Å²) < 4.78 is 0. The molecule has 0 unspecified atom stereocenters. The van der Waals surface area contributed by atoms with Gasteiger partial charge in [-0.2, -0.15) is 0 Å². The fraction of sp³-hybridized carbons (Fsp3) is 0.294. The Kier molecular flexibility index (Phi) is 5.46. The van der Waals surface area contributed by atoms with E-state index in [9.17, 15) is 4.79 Å². The molecule has 0 aliphatic heterocycles. The van der Waals surface area contributed by atoms with Crippen molar-refractivity contribution in [1.82, 2.24) is 10.3 Å². The molecule has 4 heteroatoms. The van der Waals surface area contributed by atoms with Crippen LogP contribution in [0.5, 0.6) is 0 Å². The molecule has 1 aromatic carbocycles. The molecule has 2 aromatic rings. The highest BCUT2D eigenvalue weighted by Gasteiger charge is 2.08. The van der Waals surface area contributed by atoms with Gasteiger partial charge in [0.2, 0.25) is 5.91 Å². The lowest BCUT2D eigenvalue weighted by Crippen LogP contribution is -2.28. The van der Waals surface area contributed by atoms with Crippen LogP contribution < -0.4 is 10.6 Å². The van der Waals surface area contributed by atoms with Crippen LogP contribution in [0.25, 0.3) is 0 Å². The number of anilines is 1. The van der Waals surface area contributed by atoms with Crippen LogP contribution in [0, 0.1) is 0 Å². The van der Waals surface area contributed by atoms with Crippen molar-refractivity contribution in [3.8, 4) is 0 Å². The first-order valence-corrected chi connectivity index (χ1v) is 7.16. The van der Waals surface area contributed by atoms with Crippen molar-refractivity contribution in [2.45, 2.75) is 26.3 Å². The van der Waals surface area contributed by atoms with Gasteiger partial charge in [-0.3, -0.25) is 9.78 Å². The Hall–Kier alpha value is -2.20. The van der Waals surface area contributed by atoms with Gasteiger partial charge in [0.25, 0.3) is 0 Å². The van der Waals surface area contributed by atoms with Crippen LogP contribution in [-0.4, -0.2) is 17.4 Å². The van der Waals surface area contributed by atoms with Crippen LogP contribution in [0.1, 0.15) is 31.0 Å². The van der Waals surface area contributed by atoms with E-state index >= 15 is 0 Å². The number of para-hydroxylation sites is 1. The van der Waals surface area contributed by atoms with Crippen molar-refractivity contribution in [3.05, 3.63) is 59.9 Å². The van der Waals surface area contributed by atoms with Crippen LogP contribution in [-0.2, 0) is 11.3 Å². The SMILES string of the molecule is CC(C)c1ccccc1NC(=O)CNCc1ccccn1. The average molecular weight is 283 g/mol. The first-order valence-electron chi connectivity index (χ1n) is 7.16. The number of hydrogen-bond acceptors (Lipinski definition) is 3. The second-order valence-electron chi connectivity index (χ2n) is 5.21. The van der Waals surface area contributed by atoms with Crippen LogP contribution in [0.15, 0.2) is 48.7 Å². The van der Waals surface area contributed by atoms with E-state index in [1.165, 1.54) is 0 Å². The van der Waals surface area contributed by atoms with E-state index in [0.29, 0.717) is 12.5 Å². The monoisotopic (exact) mass is 283 g/mol. The molecule has 0 spiro atoms. The summed E-state index contributed by atoms with van der Waals surface area (Å²) in [4.78, 5) is 16.2. The third-order valence-electron chi connectivity index (χ3n) is 3.17. The van der Waals surface area contributed by atoms with E-state index in [0.717, 1.165) is 16.9 Å². The number of carbonyl (C=O) groups is 1. The minimum atomic E-state index is -0.0426. The number of nitrogens with one attached hydrogen (secondary N) is 2. The predicted molar refractivity (Wildman–Crippen MR) is 85.1 cm³/mol. The molecule has 0 bridgehead atoms. The van der Waals surface area contributed by atoms with Gasteiger partial charge in [0.15, 0.2) is 0 Å². The third kappa shape index (κ3) is 4.68. The highest BCUT2D eigenvalue weighted by Crippen LogP contribution is 2.23. The van der Waals surface area contributed by atoms with Crippen molar-refractivity contribution in [1.29, 1.82) is 0 Å². The summed E-state index contributed by atoms with van der Waals surface area (Å²) in [6.07, 6.45) is 1.75. The average Bonchev–Trinajstić information content (AvgIpc) is 2.48. The Labute approximate surface area is 125 Å². The first kappa shape index (κ1) is 15.2. The highest BCUT2D eigenvalue weighted by molar-refractivity contribution is 5.93. The van der Waals surface area contributed by atoms with Gasteiger partial charge in [-0.05, 0) is 29.7 Å². The van der Waals surface area contributed by atoms with Crippen LogP contribution >= 0.6 is 0 Å². The molecule has 0 radical (unpaired) electrons. The molecule has 21 heavy (non-hydrogen) atoms. The van der Waals surface area contributed by atoms with Gasteiger partial charge in [0, 0.05) is 18.4 Å². The molecule has 0 aliphatic carbocycles. The van der Waals surface area contributed by atoms with Gasteiger partial charge >= 0.3 is 0 Å². The van der Waals surface area contributed by atoms with E-state index in [4.69, 9.17) is 0 Å². The fourth-order valence-corrected chi connectivity index (χ4v) is 2.12. The quantitative estimate of drug-likeness (QED) is 0.857. The molecule has 0 aliphatic rings. The van der Waals surface area contributed by atoms with Crippen LogP contribution in [0.3, 0.4) is 0 Å². The number of nitrogens with zero attached hydrogens (tertiary/aromatic N) is 1. The molecular formula is C17H21N3O. The lowest BCUT2D eigenvalue weighted by Gasteiger charge is -2.13. The number of amides is 1. The number of aromatic nitrogens is 1. The van der Waals surface area contributed by atoms with Gasteiger partial charge in [0.1, 0.15) is 0 Å². The summed E-state index contributed by atoms with van der Waals surface area (Å²) >= 11 is 0. The van der Waals surface area contributed by atoms with Crippen LogP contribution in [0.2, 0.25) is 0 Å². The Morgan fingerprint density at radius 3 is 2.62 bits per heavy atom. The van der Waals surface area contributed by atoms with E-state index in [-0.39, 0.29) is 12.5 Å². The van der Waals surface area contributed by atoms with Crippen molar-refractivity contribution >= 4 is 11.6 Å². The Morgan fingerprint density at radius 1 is 1.14 bits per heavy atom. The Bertz CT molecular complexity index is 582. The first-order chi connectivity index (χ1) is 10.2. The number of rotatable bonds is 6. The van der Waals surface area contributed by atoms with E-state index < -0.39 is 0 Å². The van der Waals surface area contributed by atoms with Crippen molar-refractivity contribution in [2.75, 3.05) is 11.9 Å². The molecule has 1 aromatic heterocycles. The summed E-state index contributed by atoms with van der Waals surface area (Å²) in [6, 6.07) is 13.6. The largest absolute Gasteiger partial charge is 0.325 e. The standard InChI is InChI=1S/C17H21N3O/c1-13(2)15-8-3-4-9-16(15)20-17(21)12-18-11-14-7-5-6-10-19-14/h3-10,13,18H,11-12H2,1-2H3,(H,20,21).